The van der Waals surface area contributed by atoms with Gasteiger partial charge in [0.05, 0.1) is 19.6 Å². The predicted octanol–water partition coefficient (Wildman–Crippen LogP) is 0.420. The topological polar surface area (TPSA) is 47.6 Å². The predicted molar refractivity (Wildman–Crippen MR) is 50.5 cm³/mol. The molecule has 0 amide bonds. The number of ether oxygens (including phenoxy) is 2. The number of hydrogen-bond acceptors (Lipinski definition) is 4. The minimum atomic E-state index is -0.183. The molecule has 13 heavy (non-hydrogen) atoms. The Balaban J connectivity index is 3.56. The van der Waals surface area contributed by atoms with Crippen LogP contribution in [0.25, 0.3) is 0 Å². The van der Waals surface area contributed by atoms with Crippen molar-refractivity contribution < 1.29 is 14.3 Å². The fourth-order valence-electron chi connectivity index (χ4n) is 0.971. The number of carbonyl (C=O) groups excluding carboxylic acids is 1. The fourth-order valence-corrected chi connectivity index (χ4v) is 0.971. The third-order valence-electron chi connectivity index (χ3n) is 1.79. The van der Waals surface area contributed by atoms with E-state index in [0.29, 0.717) is 13.2 Å². The molecule has 0 bridgehead atoms. The standard InChI is InChI=1S/C9H19NO3/c1-7(9(11)13-4)5-10-8(2)6-12-3/h7-8,10H,5-6H2,1-4H3. The van der Waals surface area contributed by atoms with Crippen molar-refractivity contribution in [3.8, 4) is 0 Å². The molecule has 2 atom stereocenters. The second-order valence-electron chi connectivity index (χ2n) is 3.19. The molecule has 0 saturated heterocycles. The minimum absolute atomic E-state index is 0.107. The van der Waals surface area contributed by atoms with E-state index in [0.717, 1.165) is 0 Å². The Morgan fingerprint density at radius 2 is 2.00 bits per heavy atom. The van der Waals surface area contributed by atoms with Crippen LogP contribution in [0.2, 0.25) is 0 Å². The molecular formula is C9H19NO3. The molecule has 0 aromatic heterocycles. The maximum atomic E-state index is 11.0. The Kier molecular flexibility index (Phi) is 6.54. The van der Waals surface area contributed by atoms with Gasteiger partial charge in [-0.1, -0.05) is 6.92 Å². The quantitative estimate of drug-likeness (QED) is 0.615. The molecule has 1 N–H and O–H groups in total. The van der Waals surface area contributed by atoms with Crippen LogP contribution in [0, 0.1) is 5.92 Å². The van der Waals surface area contributed by atoms with Gasteiger partial charge in [0, 0.05) is 19.7 Å². The molecule has 0 aromatic carbocycles. The first-order valence-electron chi connectivity index (χ1n) is 4.42. The summed E-state index contributed by atoms with van der Waals surface area (Å²) in [5.74, 6) is -0.290. The van der Waals surface area contributed by atoms with Crippen molar-refractivity contribution in [2.45, 2.75) is 19.9 Å². The molecule has 0 heterocycles. The Morgan fingerprint density at radius 3 is 2.46 bits per heavy atom. The van der Waals surface area contributed by atoms with Gasteiger partial charge < -0.3 is 14.8 Å². The Bertz CT molecular complexity index is 150. The molecule has 0 aliphatic heterocycles. The van der Waals surface area contributed by atoms with Crippen molar-refractivity contribution in [2.24, 2.45) is 5.92 Å². The van der Waals surface area contributed by atoms with Crippen LogP contribution in [-0.2, 0) is 14.3 Å². The largest absolute Gasteiger partial charge is 0.469 e. The summed E-state index contributed by atoms with van der Waals surface area (Å²) in [5, 5.41) is 3.17. The van der Waals surface area contributed by atoms with Crippen LogP contribution in [0.1, 0.15) is 13.8 Å². The van der Waals surface area contributed by atoms with Crippen molar-refractivity contribution in [3.05, 3.63) is 0 Å². The molecule has 0 spiro atoms. The Labute approximate surface area is 79.6 Å². The van der Waals surface area contributed by atoms with Crippen LogP contribution >= 0.6 is 0 Å². The molecule has 4 nitrogen and oxygen atoms in total. The lowest BCUT2D eigenvalue weighted by atomic mass is 10.2. The average Bonchev–Trinajstić information content (AvgIpc) is 2.13. The molecule has 4 heteroatoms. The molecular weight excluding hydrogens is 170 g/mol. The summed E-state index contributed by atoms with van der Waals surface area (Å²) in [4.78, 5) is 11.0. The van der Waals surface area contributed by atoms with E-state index in [-0.39, 0.29) is 17.9 Å². The molecule has 0 saturated carbocycles. The maximum Gasteiger partial charge on any atom is 0.309 e. The van der Waals surface area contributed by atoms with E-state index in [1.54, 1.807) is 7.11 Å². The number of nitrogens with one attached hydrogen (secondary N) is 1. The van der Waals surface area contributed by atoms with Crippen LogP contribution in [-0.4, -0.2) is 39.4 Å². The van der Waals surface area contributed by atoms with Crippen LogP contribution in [0.5, 0.6) is 0 Å². The SMILES string of the molecule is COCC(C)NCC(C)C(=O)OC. The summed E-state index contributed by atoms with van der Waals surface area (Å²) in [7, 11) is 3.05. The van der Waals surface area contributed by atoms with Crippen molar-refractivity contribution in [1.29, 1.82) is 0 Å². The van der Waals surface area contributed by atoms with Gasteiger partial charge in [0.2, 0.25) is 0 Å². The highest BCUT2D eigenvalue weighted by Crippen LogP contribution is 1.96. The van der Waals surface area contributed by atoms with Gasteiger partial charge in [-0.05, 0) is 6.92 Å². The zero-order chi connectivity index (χ0) is 10.3. The van der Waals surface area contributed by atoms with Gasteiger partial charge in [-0.3, -0.25) is 4.79 Å². The fraction of sp³-hybridized carbons (Fsp3) is 0.889. The molecule has 0 aromatic rings. The van der Waals surface area contributed by atoms with Crippen LogP contribution in [0.15, 0.2) is 0 Å². The van der Waals surface area contributed by atoms with Gasteiger partial charge in [-0.2, -0.15) is 0 Å². The highest BCUT2D eigenvalue weighted by molar-refractivity contribution is 5.72. The lowest BCUT2D eigenvalue weighted by molar-refractivity contribution is -0.144. The van der Waals surface area contributed by atoms with Gasteiger partial charge in [-0.15, -0.1) is 0 Å². The van der Waals surface area contributed by atoms with E-state index in [4.69, 9.17) is 4.74 Å². The number of carbonyl (C=O) groups is 1. The van der Waals surface area contributed by atoms with E-state index in [1.165, 1.54) is 7.11 Å². The Morgan fingerprint density at radius 1 is 1.38 bits per heavy atom. The first-order chi connectivity index (χ1) is 6.11. The van der Waals surface area contributed by atoms with E-state index >= 15 is 0 Å². The van der Waals surface area contributed by atoms with Gasteiger partial charge in [0.1, 0.15) is 0 Å². The molecule has 0 fully saturated rings. The van der Waals surface area contributed by atoms with Crippen LogP contribution in [0.4, 0.5) is 0 Å². The van der Waals surface area contributed by atoms with Crippen LogP contribution in [0.3, 0.4) is 0 Å². The monoisotopic (exact) mass is 189 g/mol. The summed E-state index contributed by atoms with van der Waals surface area (Å²) < 4.78 is 9.54. The van der Waals surface area contributed by atoms with Crippen molar-refractivity contribution in [3.63, 3.8) is 0 Å². The van der Waals surface area contributed by atoms with E-state index in [1.807, 2.05) is 13.8 Å². The summed E-state index contributed by atoms with van der Waals surface area (Å²) >= 11 is 0. The van der Waals surface area contributed by atoms with E-state index in [2.05, 4.69) is 10.1 Å². The van der Waals surface area contributed by atoms with E-state index in [9.17, 15) is 4.79 Å². The number of rotatable bonds is 6. The second kappa shape index (κ2) is 6.86. The van der Waals surface area contributed by atoms with Gasteiger partial charge in [0.25, 0.3) is 0 Å². The highest BCUT2D eigenvalue weighted by Gasteiger charge is 2.13. The molecule has 2 unspecified atom stereocenters. The van der Waals surface area contributed by atoms with Crippen LogP contribution < -0.4 is 5.32 Å². The highest BCUT2D eigenvalue weighted by atomic mass is 16.5. The van der Waals surface area contributed by atoms with Crippen molar-refractivity contribution >= 4 is 5.97 Å². The molecule has 0 aliphatic carbocycles. The molecule has 0 aliphatic rings. The van der Waals surface area contributed by atoms with Crippen molar-refractivity contribution in [2.75, 3.05) is 27.4 Å². The van der Waals surface area contributed by atoms with Gasteiger partial charge >= 0.3 is 5.97 Å². The Hall–Kier alpha value is -0.610. The summed E-state index contributed by atoms with van der Waals surface area (Å²) in [5.41, 5.74) is 0. The minimum Gasteiger partial charge on any atom is -0.469 e. The molecule has 0 radical (unpaired) electrons. The van der Waals surface area contributed by atoms with Gasteiger partial charge in [0.15, 0.2) is 0 Å². The number of hydrogen-bond donors (Lipinski definition) is 1. The molecule has 0 rings (SSSR count). The van der Waals surface area contributed by atoms with Gasteiger partial charge in [-0.25, -0.2) is 0 Å². The zero-order valence-corrected chi connectivity index (χ0v) is 8.79. The average molecular weight is 189 g/mol. The van der Waals surface area contributed by atoms with E-state index < -0.39 is 0 Å². The lowest BCUT2D eigenvalue weighted by Crippen LogP contribution is -2.36. The zero-order valence-electron chi connectivity index (χ0n) is 8.79. The van der Waals surface area contributed by atoms with Crippen molar-refractivity contribution in [1.82, 2.24) is 5.32 Å². The lowest BCUT2D eigenvalue weighted by Gasteiger charge is -2.15. The third-order valence-corrected chi connectivity index (χ3v) is 1.79. The number of esters is 1. The molecule has 78 valence electrons. The summed E-state index contributed by atoms with van der Waals surface area (Å²) in [6.07, 6.45) is 0. The number of methoxy groups -OCH3 is 2. The first kappa shape index (κ1) is 12.4. The second-order valence-corrected chi connectivity index (χ2v) is 3.19. The first-order valence-corrected chi connectivity index (χ1v) is 4.42. The maximum absolute atomic E-state index is 11.0. The summed E-state index contributed by atoms with van der Waals surface area (Å²) in [6.45, 7) is 5.11. The summed E-state index contributed by atoms with van der Waals surface area (Å²) in [6, 6.07) is 0.261. The normalized spacial score (nSPS) is 15.1. The third kappa shape index (κ3) is 5.60. The smallest absolute Gasteiger partial charge is 0.309 e.